The molecule has 0 heterocycles. The summed E-state index contributed by atoms with van der Waals surface area (Å²) >= 11 is 0. The summed E-state index contributed by atoms with van der Waals surface area (Å²) in [6.07, 6.45) is -10.7. The Hall–Kier alpha value is -2.49. The van der Waals surface area contributed by atoms with Gasteiger partial charge in [0.05, 0.1) is 5.56 Å². The van der Waals surface area contributed by atoms with Crippen molar-refractivity contribution >= 4 is 6.08 Å². The molecule has 0 fully saturated rings. The van der Waals surface area contributed by atoms with Crippen LogP contribution in [0, 0.1) is 5.82 Å². The van der Waals surface area contributed by atoms with Gasteiger partial charge in [-0.05, 0) is 41.5 Å². The standard InChI is InChI=1S/C18H11F9O/c19-14-6-4-11(5-7-14)8-9-15(28,17(23,24)18(25,26)27)12-2-1-3-13(10-12)16(20,21)22/h1-10,28H/b9-8+. The molecule has 0 aliphatic carbocycles. The first-order chi connectivity index (χ1) is 12.7. The average Bonchev–Trinajstić information content (AvgIpc) is 2.59. The molecule has 0 aliphatic rings. The smallest absolute Gasteiger partial charge is 0.375 e. The highest BCUT2D eigenvalue weighted by Crippen LogP contribution is 2.50. The zero-order chi connectivity index (χ0) is 21.4. The van der Waals surface area contributed by atoms with Crippen LogP contribution in [0.25, 0.3) is 6.08 Å². The molecule has 0 radical (unpaired) electrons. The largest absolute Gasteiger partial charge is 0.457 e. The summed E-state index contributed by atoms with van der Waals surface area (Å²) in [7, 11) is 0. The first-order valence-corrected chi connectivity index (χ1v) is 7.48. The molecule has 1 atom stereocenters. The van der Waals surface area contributed by atoms with E-state index in [1.807, 2.05) is 0 Å². The number of hydrogen-bond acceptors (Lipinski definition) is 1. The minimum atomic E-state index is -6.27. The van der Waals surface area contributed by atoms with E-state index >= 15 is 0 Å². The van der Waals surface area contributed by atoms with E-state index in [1.54, 1.807) is 0 Å². The van der Waals surface area contributed by atoms with Gasteiger partial charge in [-0.25, -0.2) is 4.39 Å². The van der Waals surface area contributed by atoms with Crippen molar-refractivity contribution in [3.8, 4) is 0 Å². The van der Waals surface area contributed by atoms with Gasteiger partial charge >= 0.3 is 18.3 Å². The van der Waals surface area contributed by atoms with E-state index in [4.69, 9.17) is 0 Å². The van der Waals surface area contributed by atoms with Crippen LogP contribution in [0.2, 0.25) is 0 Å². The van der Waals surface area contributed by atoms with Crippen LogP contribution in [0.3, 0.4) is 0 Å². The second-order valence-corrected chi connectivity index (χ2v) is 5.80. The van der Waals surface area contributed by atoms with Gasteiger partial charge in [-0.15, -0.1) is 0 Å². The first-order valence-electron chi connectivity index (χ1n) is 7.48. The molecule has 2 aromatic carbocycles. The van der Waals surface area contributed by atoms with Crippen LogP contribution >= 0.6 is 0 Å². The SMILES string of the molecule is OC(/C=C/c1ccc(F)cc1)(c1cccc(C(F)(F)F)c1)C(F)(F)C(F)(F)F. The van der Waals surface area contributed by atoms with Gasteiger partial charge in [0.25, 0.3) is 0 Å². The van der Waals surface area contributed by atoms with Gasteiger partial charge in [-0.3, -0.25) is 0 Å². The van der Waals surface area contributed by atoms with E-state index in [9.17, 15) is 44.6 Å². The highest BCUT2D eigenvalue weighted by atomic mass is 19.4. The van der Waals surface area contributed by atoms with Gasteiger partial charge in [0.2, 0.25) is 0 Å². The summed E-state index contributed by atoms with van der Waals surface area (Å²) in [4.78, 5) is 0. The second kappa shape index (κ2) is 7.16. The first kappa shape index (κ1) is 21.8. The quantitative estimate of drug-likeness (QED) is 0.614. The van der Waals surface area contributed by atoms with Gasteiger partial charge in [0, 0.05) is 0 Å². The molecule has 0 saturated heterocycles. The van der Waals surface area contributed by atoms with Crippen LogP contribution in [-0.2, 0) is 11.8 Å². The van der Waals surface area contributed by atoms with E-state index < -0.39 is 40.8 Å². The van der Waals surface area contributed by atoms with E-state index in [-0.39, 0.29) is 17.7 Å². The molecule has 0 aromatic heterocycles. The van der Waals surface area contributed by atoms with Crippen LogP contribution in [0.15, 0.2) is 54.6 Å². The lowest BCUT2D eigenvalue weighted by Crippen LogP contribution is -2.54. The highest BCUT2D eigenvalue weighted by molar-refractivity contribution is 5.52. The van der Waals surface area contributed by atoms with Gasteiger partial charge in [-0.1, -0.05) is 30.3 Å². The van der Waals surface area contributed by atoms with Gasteiger partial charge < -0.3 is 5.11 Å². The van der Waals surface area contributed by atoms with Crippen molar-refractivity contribution in [3.63, 3.8) is 0 Å². The van der Waals surface area contributed by atoms with Gasteiger partial charge in [-0.2, -0.15) is 35.1 Å². The van der Waals surface area contributed by atoms with Crippen molar-refractivity contribution in [2.75, 3.05) is 0 Å². The molecule has 2 aromatic rings. The third-order valence-corrected chi connectivity index (χ3v) is 3.85. The van der Waals surface area contributed by atoms with Gasteiger partial charge in [0.15, 0.2) is 5.60 Å². The maximum Gasteiger partial charge on any atom is 0.457 e. The summed E-state index contributed by atoms with van der Waals surface area (Å²) in [6.45, 7) is 0. The van der Waals surface area contributed by atoms with Crippen molar-refractivity contribution in [2.24, 2.45) is 0 Å². The van der Waals surface area contributed by atoms with Crippen molar-refractivity contribution in [3.05, 3.63) is 77.1 Å². The second-order valence-electron chi connectivity index (χ2n) is 5.80. The van der Waals surface area contributed by atoms with E-state index in [1.165, 1.54) is 0 Å². The van der Waals surface area contributed by atoms with Crippen molar-refractivity contribution < 1.29 is 44.6 Å². The fourth-order valence-electron chi connectivity index (χ4n) is 2.32. The molecule has 10 heteroatoms. The van der Waals surface area contributed by atoms with E-state index in [0.29, 0.717) is 24.3 Å². The van der Waals surface area contributed by atoms with Crippen LogP contribution in [0.4, 0.5) is 39.5 Å². The molecule has 1 unspecified atom stereocenters. The number of aliphatic hydroxyl groups is 1. The number of alkyl halides is 8. The molecule has 0 bridgehead atoms. The number of benzene rings is 2. The number of rotatable bonds is 4. The fraction of sp³-hybridized carbons (Fsp3) is 0.222. The Bertz CT molecular complexity index is 851. The topological polar surface area (TPSA) is 20.2 Å². The lowest BCUT2D eigenvalue weighted by atomic mass is 9.85. The summed E-state index contributed by atoms with van der Waals surface area (Å²) in [5, 5.41) is 10.3. The van der Waals surface area contributed by atoms with Crippen LogP contribution < -0.4 is 0 Å². The Kier molecular flexibility index (Phi) is 5.57. The monoisotopic (exact) mass is 414 g/mol. The maximum atomic E-state index is 14.1. The highest BCUT2D eigenvalue weighted by Gasteiger charge is 2.69. The van der Waals surface area contributed by atoms with Crippen molar-refractivity contribution in [1.29, 1.82) is 0 Å². The van der Waals surface area contributed by atoms with Gasteiger partial charge in [0.1, 0.15) is 5.82 Å². The molecule has 1 N–H and O–H groups in total. The molecule has 0 amide bonds. The molecule has 28 heavy (non-hydrogen) atoms. The lowest BCUT2D eigenvalue weighted by molar-refractivity contribution is -0.334. The molecule has 1 nitrogen and oxygen atoms in total. The summed E-state index contributed by atoms with van der Waals surface area (Å²) in [5.74, 6) is -6.55. The van der Waals surface area contributed by atoms with Crippen LogP contribution in [0.5, 0.6) is 0 Å². The third-order valence-electron chi connectivity index (χ3n) is 3.85. The normalized spacial score (nSPS) is 15.6. The predicted molar refractivity (Wildman–Crippen MR) is 81.8 cm³/mol. The average molecular weight is 414 g/mol. The molecule has 152 valence electrons. The van der Waals surface area contributed by atoms with E-state index in [0.717, 1.165) is 24.3 Å². The summed E-state index contributed by atoms with van der Waals surface area (Å²) < 4.78 is 118. The van der Waals surface area contributed by atoms with Crippen LogP contribution in [-0.4, -0.2) is 17.2 Å². The molecule has 0 aliphatic heterocycles. The minimum absolute atomic E-state index is 0.00858. The zero-order valence-corrected chi connectivity index (χ0v) is 13.6. The van der Waals surface area contributed by atoms with Crippen LogP contribution in [0.1, 0.15) is 16.7 Å². The minimum Gasteiger partial charge on any atom is -0.375 e. The fourth-order valence-corrected chi connectivity index (χ4v) is 2.32. The zero-order valence-electron chi connectivity index (χ0n) is 13.6. The molecule has 2 rings (SSSR count). The predicted octanol–water partition coefficient (Wildman–Crippen LogP) is 5.94. The third kappa shape index (κ3) is 4.16. The molecular formula is C18H11F9O. The molecule has 0 saturated carbocycles. The summed E-state index contributed by atoms with van der Waals surface area (Å²) in [5.41, 5.74) is -7.05. The summed E-state index contributed by atoms with van der Waals surface area (Å²) in [6, 6.07) is 5.38. The van der Waals surface area contributed by atoms with Crippen molar-refractivity contribution in [2.45, 2.75) is 23.9 Å². The Morgan fingerprint density at radius 2 is 1.29 bits per heavy atom. The Balaban J connectivity index is 2.65. The number of hydrogen-bond donors (Lipinski definition) is 1. The Morgan fingerprint density at radius 3 is 1.79 bits per heavy atom. The Labute approximate surface area is 152 Å². The number of halogens is 9. The van der Waals surface area contributed by atoms with E-state index in [2.05, 4.69) is 0 Å². The van der Waals surface area contributed by atoms with Crippen molar-refractivity contribution in [1.82, 2.24) is 0 Å². The lowest BCUT2D eigenvalue weighted by Gasteiger charge is -2.35. The molecule has 0 spiro atoms. The maximum absolute atomic E-state index is 14.1. The Morgan fingerprint density at radius 1 is 0.750 bits per heavy atom. The molecular weight excluding hydrogens is 403 g/mol.